The molecule has 2 aliphatic heterocycles. The quantitative estimate of drug-likeness (QED) is 0.640. The lowest BCUT2D eigenvalue weighted by atomic mass is 9.78. The molecule has 4 rings (SSSR count). The van der Waals surface area contributed by atoms with Gasteiger partial charge in [0.25, 0.3) is 0 Å². The minimum Gasteiger partial charge on any atom is -0.379 e. The smallest absolute Gasteiger partial charge is 0.243 e. The van der Waals surface area contributed by atoms with Crippen LogP contribution in [-0.2, 0) is 29.1 Å². The molecule has 1 aromatic rings. The van der Waals surface area contributed by atoms with E-state index in [-0.39, 0.29) is 28.5 Å². The maximum Gasteiger partial charge on any atom is 0.243 e. The van der Waals surface area contributed by atoms with E-state index in [1.807, 2.05) is 4.90 Å². The van der Waals surface area contributed by atoms with Crippen molar-refractivity contribution in [1.29, 1.82) is 0 Å². The molecule has 0 spiro atoms. The standard InChI is InChI=1S/C23H33N3O6S/c27-21(17-23(6-1-2-7-23)18-22(28)25-8-12-31-13-9-25)24-19-4-3-5-20(16-19)33(29,30)26-10-14-32-15-11-26/h3-5,16H,1-2,6-15,17-18H2,(H,24,27). The first-order chi connectivity index (χ1) is 15.9. The molecule has 9 nitrogen and oxygen atoms in total. The summed E-state index contributed by atoms with van der Waals surface area (Å²) >= 11 is 0. The predicted octanol–water partition coefficient (Wildman–Crippen LogP) is 1.85. The number of ether oxygens (including phenoxy) is 2. The average molecular weight is 480 g/mol. The van der Waals surface area contributed by atoms with Crippen molar-refractivity contribution >= 4 is 27.5 Å². The molecule has 0 radical (unpaired) electrons. The van der Waals surface area contributed by atoms with Crippen LogP contribution in [0.2, 0.25) is 0 Å². The monoisotopic (exact) mass is 479 g/mol. The molecule has 1 saturated carbocycles. The number of nitrogens with zero attached hydrogens (tertiary/aromatic N) is 2. The summed E-state index contributed by atoms with van der Waals surface area (Å²) in [7, 11) is -3.64. The van der Waals surface area contributed by atoms with Crippen molar-refractivity contribution < 1.29 is 27.5 Å². The van der Waals surface area contributed by atoms with E-state index in [4.69, 9.17) is 9.47 Å². The fourth-order valence-corrected chi connectivity index (χ4v) is 6.46. The Morgan fingerprint density at radius 3 is 2.24 bits per heavy atom. The normalized spacial score (nSPS) is 21.6. The summed E-state index contributed by atoms with van der Waals surface area (Å²) in [5, 5.41) is 2.87. The van der Waals surface area contributed by atoms with E-state index < -0.39 is 10.0 Å². The highest BCUT2D eigenvalue weighted by atomic mass is 32.2. The molecule has 0 aromatic heterocycles. The van der Waals surface area contributed by atoms with Crippen molar-refractivity contribution in [3.63, 3.8) is 0 Å². The van der Waals surface area contributed by atoms with Crippen molar-refractivity contribution in [2.45, 2.75) is 43.4 Å². The second-order valence-corrected chi connectivity index (χ2v) is 11.1. The van der Waals surface area contributed by atoms with Crippen LogP contribution in [0.4, 0.5) is 5.69 Å². The Bertz CT molecular complexity index is 949. The van der Waals surface area contributed by atoms with Crippen LogP contribution >= 0.6 is 0 Å². The molecular weight excluding hydrogens is 446 g/mol. The second kappa shape index (κ2) is 10.5. The van der Waals surface area contributed by atoms with Crippen LogP contribution in [0.25, 0.3) is 0 Å². The summed E-state index contributed by atoms with van der Waals surface area (Å²) in [6.45, 7) is 3.71. The zero-order valence-corrected chi connectivity index (χ0v) is 19.8. The van der Waals surface area contributed by atoms with Crippen LogP contribution in [0, 0.1) is 5.41 Å². The van der Waals surface area contributed by atoms with Gasteiger partial charge in [0.2, 0.25) is 21.8 Å². The van der Waals surface area contributed by atoms with Gasteiger partial charge in [-0.3, -0.25) is 9.59 Å². The van der Waals surface area contributed by atoms with Crippen molar-refractivity contribution in [2.75, 3.05) is 57.9 Å². The van der Waals surface area contributed by atoms with Crippen LogP contribution in [-0.4, -0.2) is 82.0 Å². The van der Waals surface area contributed by atoms with Crippen LogP contribution in [0.5, 0.6) is 0 Å². The number of carbonyl (C=O) groups excluding carboxylic acids is 2. The summed E-state index contributed by atoms with van der Waals surface area (Å²) in [5.41, 5.74) is 0.110. The van der Waals surface area contributed by atoms with Gasteiger partial charge in [-0.15, -0.1) is 0 Å². The Morgan fingerprint density at radius 1 is 0.939 bits per heavy atom. The van der Waals surface area contributed by atoms with Crippen LogP contribution < -0.4 is 5.32 Å². The summed E-state index contributed by atoms with van der Waals surface area (Å²) in [5.74, 6) is -0.0980. The number of hydrogen-bond acceptors (Lipinski definition) is 6. The van der Waals surface area contributed by atoms with Gasteiger partial charge >= 0.3 is 0 Å². The van der Waals surface area contributed by atoms with Gasteiger partial charge in [0, 0.05) is 44.7 Å². The Labute approximate surface area is 195 Å². The maximum absolute atomic E-state index is 13.0. The Hall–Kier alpha value is -2.01. The number of anilines is 1. The molecule has 0 bridgehead atoms. The predicted molar refractivity (Wildman–Crippen MR) is 122 cm³/mol. The van der Waals surface area contributed by atoms with Gasteiger partial charge in [-0.05, 0) is 36.5 Å². The lowest BCUT2D eigenvalue weighted by Gasteiger charge is -2.33. The fraction of sp³-hybridized carbons (Fsp3) is 0.652. The number of sulfonamides is 1. The molecule has 1 aromatic carbocycles. The van der Waals surface area contributed by atoms with Crippen LogP contribution in [0.1, 0.15) is 38.5 Å². The molecule has 2 saturated heterocycles. The first kappa shape index (κ1) is 24.1. The zero-order valence-electron chi connectivity index (χ0n) is 19.0. The largest absolute Gasteiger partial charge is 0.379 e. The number of benzene rings is 1. The summed E-state index contributed by atoms with van der Waals surface area (Å²) < 4.78 is 37.9. The van der Waals surface area contributed by atoms with Crippen molar-refractivity contribution in [3.8, 4) is 0 Å². The highest BCUT2D eigenvalue weighted by Gasteiger charge is 2.39. The highest BCUT2D eigenvalue weighted by Crippen LogP contribution is 2.44. The molecule has 1 N–H and O–H groups in total. The van der Waals surface area contributed by atoms with Gasteiger partial charge in [-0.2, -0.15) is 4.31 Å². The lowest BCUT2D eigenvalue weighted by molar-refractivity contribution is -0.138. The molecule has 3 aliphatic rings. The van der Waals surface area contributed by atoms with Gasteiger partial charge < -0.3 is 19.7 Å². The minimum atomic E-state index is -3.64. The summed E-state index contributed by atoms with van der Waals surface area (Å²) in [6.07, 6.45) is 4.34. The summed E-state index contributed by atoms with van der Waals surface area (Å²) in [6, 6.07) is 6.37. The van der Waals surface area contributed by atoms with Crippen LogP contribution in [0.15, 0.2) is 29.2 Å². The number of amides is 2. The van der Waals surface area contributed by atoms with Crippen LogP contribution in [0.3, 0.4) is 0 Å². The van der Waals surface area contributed by atoms with Gasteiger partial charge in [0.05, 0.1) is 31.3 Å². The van der Waals surface area contributed by atoms with Gasteiger partial charge in [0.1, 0.15) is 0 Å². The third-order valence-electron chi connectivity index (χ3n) is 6.82. The van der Waals surface area contributed by atoms with E-state index in [1.165, 1.54) is 10.4 Å². The van der Waals surface area contributed by atoms with Gasteiger partial charge in [-0.25, -0.2) is 8.42 Å². The molecular formula is C23H33N3O6S. The first-order valence-corrected chi connectivity index (χ1v) is 13.2. The number of morpholine rings is 2. The average Bonchev–Trinajstić information content (AvgIpc) is 3.28. The second-order valence-electron chi connectivity index (χ2n) is 9.15. The molecule has 10 heteroatoms. The Morgan fingerprint density at radius 2 is 1.58 bits per heavy atom. The Kier molecular flexibility index (Phi) is 7.68. The number of carbonyl (C=O) groups is 2. The molecule has 182 valence electrons. The van der Waals surface area contributed by atoms with Gasteiger partial charge in [-0.1, -0.05) is 18.9 Å². The SMILES string of the molecule is O=C(CC1(CC(=O)N2CCOCC2)CCCC1)Nc1cccc(S(=O)(=O)N2CCOCC2)c1. The molecule has 1 aliphatic carbocycles. The number of nitrogens with one attached hydrogen (secondary N) is 1. The third-order valence-corrected chi connectivity index (χ3v) is 8.71. The fourth-order valence-electron chi connectivity index (χ4n) is 5.00. The maximum atomic E-state index is 13.0. The van der Waals surface area contributed by atoms with Crippen molar-refractivity contribution in [3.05, 3.63) is 24.3 Å². The Balaban J connectivity index is 1.41. The third kappa shape index (κ3) is 5.92. The topological polar surface area (TPSA) is 105 Å². The van der Waals surface area contributed by atoms with E-state index in [1.54, 1.807) is 18.2 Å². The minimum absolute atomic E-state index is 0.0894. The summed E-state index contributed by atoms with van der Waals surface area (Å²) in [4.78, 5) is 27.8. The molecule has 2 heterocycles. The van der Waals surface area contributed by atoms with Crippen molar-refractivity contribution in [1.82, 2.24) is 9.21 Å². The van der Waals surface area contributed by atoms with Gasteiger partial charge in [0.15, 0.2) is 0 Å². The van der Waals surface area contributed by atoms with E-state index in [2.05, 4.69) is 5.32 Å². The van der Waals surface area contributed by atoms with E-state index >= 15 is 0 Å². The molecule has 2 amide bonds. The number of hydrogen-bond donors (Lipinski definition) is 1. The zero-order chi connectivity index (χ0) is 23.3. The van der Waals surface area contributed by atoms with Crippen molar-refractivity contribution in [2.24, 2.45) is 5.41 Å². The molecule has 0 atom stereocenters. The van der Waals surface area contributed by atoms with E-state index in [9.17, 15) is 18.0 Å². The molecule has 33 heavy (non-hydrogen) atoms. The molecule has 0 unspecified atom stereocenters. The highest BCUT2D eigenvalue weighted by molar-refractivity contribution is 7.89. The van der Waals surface area contributed by atoms with E-state index in [0.29, 0.717) is 64.7 Å². The lowest BCUT2D eigenvalue weighted by Crippen LogP contribution is -2.43. The van der Waals surface area contributed by atoms with E-state index in [0.717, 1.165) is 25.7 Å². The first-order valence-electron chi connectivity index (χ1n) is 11.7. The number of rotatable bonds is 7. The molecule has 3 fully saturated rings.